The zero-order valence-corrected chi connectivity index (χ0v) is 14.9. The molecule has 0 radical (unpaired) electrons. The number of fused-ring (bicyclic) bond motifs is 1. The average Bonchev–Trinajstić information content (AvgIpc) is 2.65. The fraction of sp³-hybridized carbons (Fsp3) is 0.579. The van der Waals surface area contributed by atoms with Crippen LogP contribution in [-0.4, -0.2) is 49.1 Å². The summed E-state index contributed by atoms with van der Waals surface area (Å²) in [5.41, 5.74) is 0. The van der Waals surface area contributed by atoms with Gasteiger partial charge in [0.15, 0.2) is 11.5 Å². The van der Waals surface area contributed by atoms with E-state index >= 15 is 0 Å². The predicted molar refractivity (Wildman–Crippen MR) is 93.5 cm³/mol. The Labute approximate surface area is 148 Å². The first-order chi connectivity index (χ1) is 12.0. The van der Waals surface area contributed by atoms with Gasteiger partial charge < -0.3 is 19.7 Å². The Hall–Kier alpha value is -2.24. The third-order valence-corrected chi connectivity index (χ3v) is 4.74. The number of carbonyl (C=O) groups is 2. The molecular formula is C19H26N2O4. The Balaban J connectivity index is 1.43. The highest BCUT2D eigenvalue weighted by molar-refractivity contribution is 5.80. The standard InChI is InChI=1S/C19H26N2O4/c1-13(2)19(23)21-9-7-14(8-10-21)18(22)20-11-15-12-24-16-5-3-4-6-17(16)25-15/h3-6,13-15H,7-12H2,1-2H3,(H,20,22). The van der Waals surface area contributed by atoms with E-state index < -0.39 is 0 Å². The van der Waals surface area contributed by atoms with Crippen molar-refractivity contribution in [3.8, 4) is 11.5 Å². The van der Waals surface area contributed by atoms with Gasteiger partial charge in [0, 0.05) is 24.9 Å². The van der Waals surface area contributed by atoms with E-state index in [1.165, 1.54) is 0 Å². The lowest BCUT2D eigenvalue weighted by Crippen LogP contribution is -2.46. The van der Waals surface area contributed by atoms with Gasteiger partial charge in [-0.3, -0.25) is 9.59 Å². The van der Waals surface area contributed by atoms with E-state index in [4.69, 9.17) is 9.47 Å². The number of likely N-dealkylation sites (tertiary alicyclic amines) is 1. The molecule has 1 N–H and O–H groups in total. The average molecular weight is 346 g/mol. The second kappa shape index (κ2) is 7.76. The molecule has 1 atom stereocenters. The van der Waals surface area contributed by atoms with Gasteiger partial charge in [-0.2, -0.15) is 0 Å². The topological polar surface area (TPSA) is 67.9 Å². The second-order valence-corrected chi connectivity index (χ2v) is 7.00. The Morgan fingerprint density at radius 1 is 1.20 bits per heavy atom. The summed E-state index contributed by atoms with van der Waals surface area (Å²) < 4.78 is 11.5. The predicted octanol–water partition coefficient (Wildman–Crippen LogP) is 1.84. The smallest absolute Gasteiger partial charge is 0.225 e. The number of nitrogens with zero attached hydrogens (tertiary/aromatic N) is 1. The number of hydrogen-bond acceptors (Lipinski definition) is 4. The lowest BCUT2D eigenvalue weighted by Gasteiger charge is -2.33. The fourth-order valence-corrected chi connectivity index (χ4v) is 3.25. The van der Waals surface area contributed by atoms with Crippen LogP contribution in [0.2, 0.25) is 0 Å². The molecule has 6 nitrogen and oxygen atoms in total. The van der Waals surface area contributed by atoms with Gasteiger partial charge in [-0.05, 0) is 25.0 Å². The molecule has 3 rings (SSSR count). The minimum atomic E-state index is -0.179. The van der Waals surface area contributed by atoms with Crippen molar-refractivity contribution in [2.24, 2.45) is 11.8 Å². The van der Waals surface area contributed by atoms with Crippen LogP contribution in [0.15, 0.2) is 24.3 Å². The zero-order valence-electron chi connectivity index (χ0n) is 14.9. The quantitative estimate of drug-likeness (QED) is 0.903. The van der Waals surface area contributed by atoms with Crippen LogP contribution in [0.5, 0.6) is 11.5 Å². The number of nitrogens with one attached hydrogen (secondary N) is 1. The minimum absolute atomic E-state index is 0.0108. The van der Waals surface area contributed by atoms with Crippen LogP contribution >= 0.6 is 0 Å². The first-order valence-corrected chi connectivity index (χ1v) is 8.99. The van der Waals surface area contributed by atoms with Crippen molar-refractivity contribution in [2.45, 2.75) is 32.8 Å². The molecule has 0 spiro atoms. The molecule has 1 aromatic carbocycles. The van der Waals surface area contributed by atoms with Crippen molar-refractivity contribution >= 4 is 11.8 Å². The van der Waals surface area contributed by atoms with Gasteiger partial charge in [0.2, 0.25) is 11.8 Å². The summed E-state index contributed by atoms with van der Waals surface area (Å²) in [4.78, 5) is 26.3. The van der Waals surface area contributed by atoms with Crippen LogP contribution in [0.25, 0.3) is 0 Å². The van der Waals surface area contributed by atoms with E-state index in [0.717, 1.165) is 18.6 Å². The first kappa shape index (κ1) is 17.6. The zero-order chi connectivity index (χ0) is 17.8. The molecule has 25 heavy (non-hydrogen) atoms. The number of hydrogen-bond donors (Lipinski definition) is 1. The Morgan fingerprint density at radius 2 is 1.88 bits per heavy atom. The normalized spacial score (nSPS) is 20.4. The molecule has 2 heterocycles. The van der Waals surface area contributed by atoms with Gasteiger partial charge in [0.1, 0.15) is 12.7 Å². The maximum atomic E-state index is 12.4. The van der Waals surface area contributed by atoms with E-state index in [0.29, 0.717) is 32.0 Å². The van der Waals surface area contributed by atoms with Gasteiger partial charge in [0.05, 0.1) is 6.54 Å². The van der Waals surface area contributed by atoms with Crippen LogP contribution in [0.1, 0.15) is 26.7 Å². The van der Waals surface area contributed by atoms with E-state index in [1.807, 2.05) is 43.0 Å². The highest BCUT2D eigenvalue weighted by Gasteiger charge is 2.29. The van der Waals surface area contributed by atoms with Gasteiger partial charge in [-0.25, -0.2) is 0 Å². The fourth-order valence-electron chi connectivity index (χ4n) is 3.25. The second-order valence-electron chi connectivity index (χ2n) is 7.00. The number of amides is 2. The summed E-state index contributed by atoms with van der Waals surface area (Å²) >= 11 is 0. The Kier molecular flexibility index (Phi) is 5.46. The Morgan fingerprint density at radius 3 is 2.56 bits per heavy atom. The van der Waals surface area contributed by atoms with Crippen LogP contribution in [0.3, 0.4) is 0 Å². The van der Waals surface area contributed by atoms with Gasteiger partial charge in [-0.15, -0.1) is 0 Å². The van der Waals surface area contributed by atoms with Crippen molar-refractivity contribution in [3.63, 3.8) is 0 Å². The lowest BCUT2D eigenvalue weighted by atomic mass is 9.95. The minimum Gasteiger partial charge on any atom is -0.486 e. The monoisotopic (exact) mass is 346 g/mol. The summed E-state index contributed by atoms with van der Waals surface area (Å²) in [6, 6.07) is 7.54. The summed E-state index contributed by atoms with van der Waals surface area (Å²) in [6.45, 7) is 5.99. The molecule has 2 aliphatic rings. The summed E-state index contributed by atoms with van der Waals surface area (Å²) in [6.07, 6.45) is 1.26. The molecule has 0 aliphatic carbocycles. The van der Waals surface area contributed by atoms with Crippen LogP contribution in [0, 0.1) is 11.8 Å². The van der Waals surface area contributed by atoms with Crippen LogP contribution < -0.4 is 14.8 Å². The number of piperidine rings is 1. The van der Waals surface area contributed by atoms with Crippen molar-refractivity contribution < 1.29 is 19.1 Å². The molecular weight excluding hydrogens is 320 g/mol. The van der Waals surface area contributed by atoms with E-state index in [9.17, 15) is 9.59 Å². The van der Waals surface area contributed by atoms with E-state index in [-0.39, 0.29) is 29.8 Å². The molecule has 2 amide bonds. The SMILES string of the molecule is CC(C)C(=O)N1CCC(C(=O)NCC2COc3ccccc3O2)CC1. The highest BCUT2D eigenvalue weighted by Crippen LogP contribution is 2.30. The van der Waals surface area contributed by atoms with E-state index in [2.05, 4.69) is 5.32 Å². The third-order valence-electron chi connectivity index (χ3n) is 4.74. The third kappa shape index (κ3) is 4.24. The summed E-state index contributed by atoms with van der Waals surface area (Å²) in [5, 5.41) is 2.97. The van der Waals surface area contributed by atoms with Crippen molar-refractivity contribution in [1.82, 2.24) is 10.2 Å². The Bertz CT molecular complexity index is 624. The molecule has 1 fully saturated rings. The van der Waals surface area contributed by atoms with Crippen LogP contribution in [-0.2, 0) is 9.59 Å². The summed E-state index contributed by atoms with van der Waals surface area (Å²) in [7, 11) is 0. The molecule has 2 aliphatic heterocycles. The number of ether oxygens (including phenoxy) is 2. The van der Waals surface area contributed by atoms with Crippen molar-refractivity contribution in [1.29, 1.82) is 0 Å². The number of benzene rings is 1. The number of para-hydroxylation sites is 2. The van der Waals surface area contributed by atoms with Crippen molar-refractivity contribution in [3.05, 3.63) is 24.3 Å². The van der Waals surface area contributed by atoms with Gasteiger partial charge in [0.25, 0.3) is 0 Å². The maximum Gasteiger partial charge on any atom is 0.225 e. The maximum absolute atomic E-state index is 12.4. The number of carbonyl (C=O) groups excluding carboxylic acids is 2. The lowest BCUT2D eigenvalue weighted by molar-refractivity contribution is -0.138. The van der Waals surface area contributed by atoms with Gasteiger partial charge in [-0.1, -0.05) is 26.0 Å². The van der Waals surface area contributed by atoms with Crippen molar-refractivity contribution in [2.75, 3.05) is 26.2 Å². The molecule has 0 bridgehead atoms. The first-order valence-electron chi connectivity index (χ1n) is 8.99. The molecule has 1 saturated heterocycles. The molecule has 0 saturated carbocycles. The number of rotatable bonds is 4. The van der Waals surface area contributed by atoms with E-state index in [1.54, 1.807) is 0 Å². The molecule has 0 aromatic heterocycles. The van der Waals surface area contributed by atoms with Gasteiger partial charge >= 0.3 is 0 Å². The molecule has 1 unspecified atom stereocenters. The summed E-state index contributed by atoms with van der Waals surface area (Å²) in [5.74, 6) is 1.65. The highest BCUT2D eigenvalue weighted by atomic mass is 16.6. The largest absolute Gasteiger partial charge is 0.486 e. The molecule has 136 valence electrons. The molecule has 6 heteroatoms. The van der Waals surface area contributed by atoms with Crippen LogP contribution in [0.4, 0.5) is 0 Å². The molecule has 1 aromatic rings.